The zero-order chi connectivity index (χ0) is 17.1. The minimum absolute atomic E-state index is 0.173. The Morgan fingerprint density at radius 3 is 2.92 bits per heavy atom. The maximum Gasteiger partial charge on any atom is 0.225 e. The number of hydrogen-bond donors (Lipinski definition) is 1. The van der Waals surface area contributed by atoms with Gasteiger partial charge in [0.2, 0.25) is 12.3 Å². The summed E-state index contributed by atoms with van der Waals surface area (Å²) >= 11 is 6.11. The van der Waals surface area contributed by atoms with Crippen molar-refractivity contribution in [1.29, 1.82) is 0 Å². The van der Waals surface area contributed by atoms with Crippen LogP contribution in [0.3, 0.4) is 0 Å². The molecular weight excluding hydrogens is 330 g/mol. The Morgan fingerprint density at radius 1 is 1.46 bits per heavy atom. The molecule has 24 heavy (non-hydrogen) atoms. The summed E-state index contributed by atoms with van der Waals surface area (Å²) in [4.78, 5) is 16.5. The molecule has 1 unspecified atom stereocenters. The number of aromatic nitrogens is 4. The summed E-state index contributed by atoms with van der Waals surface area (Å²) in [7, 11) is 1.80. The van der Waals surface area contributed by atoms with Crippen LogP contribution in [0.1, 0.15) is 28.6 Å². The fourth-order valence-corrected chi connectivity index (χ4v) is 2.54. The van der Waals surface area contributed by atoms with Crippen molar-refractivity contribution >= 4 is 17.5 Å². The zero-order valence-electron chi connectivity index (χ0n) is 13.2. The smallest absolute Gasteiger partial charge is 0.225 e. The lowest BCUT2D eigenvalue weighted by Crippen LogP contribution is -2.31. The lowest BCUT2D eigenvalue weighted by molar-refractivity contribution is -0.121. The van der Waals surface area contributed by atoms with Crippen LogP contribution < -0.4 is 5.32 Å². The van der Waals surface area contributed by atoms with Crippen molar-refractivity contribution in [3.05, 3.63) is 64.5 Å². The second kappa shape index (κ2) is 6.84. The van der Waals surface area contributed by atoms with E-state index in [0.717, 1.165) is 16.7 Å². The van der Waals surface area contributed by atoms with Gasteiger partial charge in [-0.2, -0.15) is 10.1 Å². The molecule has 3 rings (SSSR count). The van der Waals surface area contributed by atoms with E-state index in [0.29, 0.717) is 10.8 Å². The molecule has 0 fully saturated rings. The van der Waals surface area contributed by atoms with Crippen LogP contribution in [0, 0.1) is 6.92 Å². The Hall–Kier alpha value is -2.67. The van der Waals surface area contributed by atoms with Gasteiger partial charge in [-0.1, -0.05) is 28.9 Å². The van der Waals surface area contributed by atoms with Crippen LogP contribution in [-0.2, 0) is 18.3 Å². The van der Waals surface area contributed by atoms with Crippen molar-refractivity contribution in [2.45, 2.75) is 19.4 Å². The first kappa shape index (κ1) is 16.2. The molecule has 0 saturated carbocycles. The highest BCUT2D eigenvalue weighted by Gasteiger charge is 2.22. The number of halogens is 1. The van der Waals surface area contributed by atoms with Crippen molar-refractivity contribution in [2.24, 2.45) is 7.05 Å². The van der Waals surface area contributed by atoms with E-state index in [4.69, 9.17) is 16.1 Å². The molecule has 1 N–H and O–H groups in total. The second-order valence-electron chi connectivity index (χ2n) is 5.50. The third kappa shape index (κ3) is 3.62. The molecule has 3 aromatic rings. The molecule has 2 heterocycles. The van der Waals surface area contributed by atoms with E-state index in [9.17, 15) is 4.79 Å². The van der Waals surface area contributed by atoms with E-state index in [1.165, 1.54) is 6.39 Å². The monoisotopic (exact) mass is 345 g/mol. The van der Waals surface area contributed by atoms with Crippen molar-refractivity contribution in [3.8, 4) is 0 Å². The molecule has 124 valence electrons. The molecule has 1 atom stereocenters. The van der Waals surface area contributed by atoms with Crippen LogP contribution in [0.4, 0.5) is 0 Å². The number of nitrogens with zero attached hydrogens (tertiary/aromatic N) is 4. The summed E-state index contributed by atoms with van der Waals surface area (Å²) < 4.78 is 6.44. The van der Waals surface area contributed by atoms with Gasteiger partial charge in [0.1, 0.15) is 6.04 Å². The van der Waals surface area contributed by atoms with Gasteiger partial charge in [-0.05, 0) is 24.1 Å². The Labute approximate surface area is 143 Å². The lowest BCUT2D eigenvalue weighted by Gasteiger charge is -2.14. The van der Waals surface area contributed by atoms with Gasteiger partial charge in [-0.15, -0.1) is 0 Å². The Balaban J connectivity index is 1.77. The minimum atomic E-state index is -0.522. The molecule has 7 nitrogen and oxygen atoms in total. The molecule has 0 aliphatic heterocycles. The van der Waals surface area contributed by atoms with Gasteiger partial charge in [-0.25, -0.2) is 0 Å². The molecule has 8 heteroatoms. The maximum atomic E-state index is 12.4. The average molecular weight is 346 g/mol. The summed E-state index contributed by atoms with van der Waals surface area (Å²) in [6.45, 7) is 1.92. The number of nitrogens with one attached hydrogen (secondary N) is 1. The van der Waals surface area contributed by atoms with E-state index in [2.05, 4.69) is 20.6 Å². The zero-order valence-corrected chi connectivity index (χ0v) is 14.0. The number of carbonyl (C=O) groups excluding carboxylic acids is 1. The Morgan fingerprint density at radius 2 is 2.29 bits per heavy atom. The quantitative estimate of drug-likeness (QED) is 0.766. The number of rotatable bonds is 5. The highest BCUT2D eigenvalue weighted by molar-refractivity contribution is 6.31. The van der Waals surface area contributed by atoms with Gasteiger partial charge in [0.15, 0.2) is 5.82 Å². The molecule has 1 aromatic carbocycles. The van der Waals surface area contributed by atoms with Crippen LogP contribution >= 0.6 is 11.6 Å². The molecule has 0 bridgehead atoms. The van der Waals surface area contributed by atoms with E-state index >= 15 is 0 Å². The number of aryl methyl sites for hydroxylation is 2. The number of amides is 1. The third-order valence-corrected chi connectivity index (χ3v) is 4.01. The van der Waals surface area contributed by atoms with Crippen LogP contribution in [0.15, 0.2) is 41.5 Å². The summed E-state index contributed by atoms with van der Waals surface area (Å²) in [5.74, 6) is 0.201. The largest absolute Gasteiger partial charge is 0.343 e. The topological polar surface area (TPSA) is 85.8 Å². The first-order chi connectivity index (χ1) is 11.5. The van der Waals surface area contributed by atoms with Gasteiger partial charge in [0, 0.05) is 23.8 Å². The number of benzene rings is 1. The summed E-state index contributed by atoms with van der Waals surface area (Å²) in [5, 5.41) is 11.5. The Bertz CT molecular complexity index is 844. The summed E-state index contributed by atoms with van der Waals surface area (Å²) in [6.07, 6.45) is 4.88. The van der Waals surface area contributed by atoms with Gasteiger partial charge >= 0.3 is 0 Å². The molecule has 0 saturated heterocycles. The fourth-order valence-electron chi connectivity index (χ4n) is 2.34. The van der Waals surface area contributed by atoms with Crippen LogP contribution in [0.25, 0.3) is 0 Å². The maximum absolute atomic E-state index is 12.4. The average Bonchev–Trinajstić information content (AvgIpc) is 3.20. The van der Waals surface area contributed by atoms with Crippen LogP contribution in [0.2, 0.25) is 5.02 Å². The standard InChI is InChI=1S/C16H16ClN5O2/c1-10-3-4-11(5-13(10)17)6-14(23)20-15(16-18-9-24-21-16)12-7-19-22(2)8-12/h3-5,7-9,15H,6H2,1-2H3,(H,20,23). The first-order valence-electron chi connectivity index (χ1n) is 7.32. The molecule has 2 aromatic heterocycles. The number of hydrogen-bond acceptors (Lipinski definition) is 5. The van der Waals surface area contributed by atoms with Crippen molar-refractivity contribution < 1.29 is 9.32 Å². The molecular formula is C16H16ClN5O2. The Kier molecular flexibility index (Phi) is 4.61. The number of carbonyl (C=O) groups is 1. The van der Waals surface area contributed by atoms with Crippen molar-refractivity contribution in [3.63, 3.8) is 0 Å². The molecule has 0 aliphatic rings. The fraction of sp³-hybridized carbons (Fsp3) is 0.250. The van der Waals surface area contributed by atoms with E-state index < -0.39 is 6.04 Å². The summed E-state index contributed by atoms with van der Waals surface area (Å²) in [5.41, 5.74) is 2.58. The predicted octanol–water partition coefficient (Wildman–Crippen LogP) is 2.21. The van der Waals surface area contributed by atoms with Crippen LogP contribution in [0.5, 0.6) is 0 Å². The van der Waals surface area contributed by atoms with Gasteiger partial charge < -0.3 is 9.84 Å². The SMILES string of the molecule is Cc1ccc(CC(=O)NC(c2cnn(C)c2)c2ncon2)cc1Cl. The van der Waals surface area contributed by atoms with Crippen molar-refractivity contribution in [1.82, 2.24) is 25.2 Å². The minimum Gasteiger partial charge on any atom is -0.343 e. The van der Waals surface area contributed by atoms with Gasteiger partial charge in [0.05, 0.1) is 12.6 Å². The first-order valence-corrected chi connectivity index (χ1v) is 7.70. The molecule has 0 spiro atoms. The van der Waals surface area contributed by atoms with E-state index in [1.807, 2.05) is 19.1 Å². The van der Waals surface area contributed by atoms with Crippen molar-refractivity contribution in [2.75, 3.05) is 0 Å². The van der Waals surface area contributed by atoms with Gasteiger partial charge in [-0.3, -0.25) is 9.48 Å². The predicted molar refractivity (Wildman–Crippen MR) is 87.4 cm³/mol. The molecule has 0 aliphatic carbocycles. The van der Waals surface area contributed by atoms with Gasteiger partial charge in [0.25, 0.3) is 0 Å². The lowest BCUT2D eigenvalue weighted by atomic mass is 10.1. The second-order valence-corrected chi connectivity index (χ2v) is 5.90. The highest BCUT2D eigenvalue weighted by Crippen LogP contribution is 2.20. The normalized spacial score (nSPS) is 12.1. The highest BCUT2D eigenvalue weighted by atomic mass is 35.5. The van der Waals surface area contributed by atoms with E-state index in [1.54, 1.807) is 30.2 Å². The molecule has 1 amide bonds. The summed E-state index contributed by atoms with van der Waals surface area (Å²) in [6, 6.07) is 5.05. The third-order valence-electron chi connectivity index (χ3n) is 3.60. The van der Waals surface area contributed by atoms with E-state index in [-0.39, 0.29) is 12.3 Å². The van der Waals surface area contributed by atoms with Crippen LogP contribution in [-0.4, -0.2) is 25.8 Å². The molecule has 0 radical (unpaired) electrons.